The number of nitrogens with zero attached hydrogens (tertiary/aromatic N) is 1. The number of fused-ring (bicyclic) bond motifs is 1. The van der Waals surface area contributed by atoms with E-state index >= 15 is 0 Å². The van der Waals surface area contributed by atoms with Gasteiger partial charge in [-0.15, -0.1) is 0 Å². The Bertz CT molecular complexity index is 958. The van der Waals surface area contributed by atoms with Crippen LogP contribution in [0.4, 0.5) is 5.69 Å². The predicted octanol–water partition coefficient (Wildman–Crippen LogP) is 2.03. The Labute approximate surface area is 158 Å². The molecule has 0 bridgehead atoms. The lowest BCUT2D eigenvalue weighted by Crippen LogP contribution is -2.50. The number of amides is 1. The number of rotatable bonds is 5. The summed E-state index contributed by atoms with van der Waals surface area (Å²) in [7, 11) is -0.517. The standard InChI is InChI=1S/C19H22N2O5S/c1-25-17-9-8-15(11-18(17)26-2)20-19(22)16-10-13-6-4-5-7-14(13)12-21(16)27(3,23)24/h4-9,11,16H,10,12H2,1-3H3,(H,20,22). The summed E-state index contributed by atoms with van der Waals surface area (Å²) < 4.78 is 36.2. The van der Waals surface area contributed by atoms with Gasteiger partial charge in [0.15, 0.2) is 11.5 Å². The maximum absolute atomic E-state index is 12.9. The molecule has 1 amide bonds. The SMILES string of the molecule is COc1ccc(NC(=O)C2Cc3ccccc3CN2S(C)(=O)=O)cc1OC. The number of hydrogen-bond acceptors (Lipinski definition) is 5. The van der Waals surface area contributed by atoms with Crippen molar-refractivity contribution in [3.8, 4) is 11.5 Å². The highest BCUT2D eigenvalue weighted by atomic mass is 32.2. The molecule has 8 heteroatoms. The zero-order valence-corrected chi connectivity index (χ0v) is 16.2. The second-order valence-corrected chi connectivity index (χ2v) is 8.29. The summed E-state index contributed by atoms with van der Waals surface area (Å²) in [4.78, 5) is 12.9. The number of hydrogen-bond donors (Lipinski definition) is 1. The maximum Gasteiger partial charge on any atom is 0.243 e. The molecule has 0 aromatic heterocycles. The Morgan fingerprint density at radius 3 is 2.37 bits per heavy atom. The molecule has 0 aliphatic carbocycles. The molecule has 7 nitrogen and oxygen atoms in total. The summed E-state index contributed by atoms with van der Waals surface area (Å²) in [6.07, 6.45) is 1.44. The molecular formula is C19H22N2O5S. The van der Waals surface area contributed by atoms with E-state index in [1.54, 1.807) is 18.2 Å². The molecule has 1 unspecified atom stereocenters. The second-order valence-electron chi connectivity index (χ2n) is 6.36. The highest BCUT2D eigenvalue weighted by Gasteiger charge is 2.36. The molecular weight excluding hydrogens is 368 g/mol. The number of carbonyl (C=O) groups excluding carboxylic acids is 1. The third-order valence-electron chi connectivity index (χ3n) is 4.59. The van der Waals surface area contributed by atoms with Crippen molar-refractivity contribution in [2.24, 2.45) is 0 Å². The largest absolute Gasteiger partial charge is 0.493 e. The summed E-state index contributed by atoms with van der Waals surface area (Å²) >= 11 is 0. The number of benzene rings is 2. The van der Waals surface area contributed by atoms with Gasteiger partial charge >= 0.3 is 0 Å². The number of nitrogens with one attached hydrogen (secondary N) is 1. The highest BCUT2D eigenvalue weighted by Crippen LogP contribution is 2.31. The van der Waals surface area contributed by atoms with Gasteiger partial charge in [0, 0.05) is 18.3 Å². The van der Waals surface area contributed by atoms with Gasteiger partial charge in [0.05, 0.1) is 20.5 Å². The second kappa shape index (κ2) is 7.58. The van der Waals surface area contributed by atoms with E-state index in [1.165, 1.54) is 18.5 Å². The van der Waals surface area contributed by atoms with Gasteiger partial charge in [-0.25, -0.2) is 8.42 Å². The maximum atomic E-state index is 12.9. The van der Waals surface area contributed by atoms with Gasteiger partial charge in [-0.3, -0.25) is 4.79 Å². The molecule has 0 saturated heterocycles. The van der Waals surface area contributed by atoms with Gasteiger partial charge in [-0.1, -0.05) is 24.3 Å². The van der Waals surface area contributed by atoms with E-state index in [1.807, 2.05) is 24.3 Å². The number of ether oxygens (including phenoxy) is 2. The van der Waals surface area contributed by atoms with Crippen LogP contribution in [0.3, 0.4) is 0 Å². The average Bonchev–Trinajstić information content (AvgIpc) is 2.66. The smallest absolute Gasteiger partial charge is 0.243 e. The lowest BCUT2D eigenvalue weighted by molar-refractivity contribution is -0.120. The van der Waals surface area contributed by atoms with Gasteiger partial charge in [-0.05, 0) is 29.7 Å². The Balaban J connectivity index is 1.88. The molecule has 1 atom stereocenters. The molecule has 0 saturated carbocycles. The quantitative estimate of drug-likeness (QED) is 0.844. The van der Waals surface area contributed by atoms with Crippen molar-refractivity contribution in [3.63, 3.8) is 0 Å². The lowest BCUT2D eigenvalue weighted by Gasteiger charge is -2.34. The summed E-state index contributed by atoms with van der Waals surface area (Å²) in [5, 5.41) is 2.79. The topological polar surface area (TPSA) is 84.9 Å². The van der Waals surface area contributed by atoms with Gasteiger partial charge in [0.1, 0.15) is 6.04 Å². The minimum Gasteiger partial charge on any atom is -0.493 e. The van der Waals surface area contributed by atoms with Crippen molar-refractivity contribution in [1.82, 2.24) is 4.31 Å². The Hall–Kier alpha value is -2.58. The normalized spacial score (nSPS) is 17.1. The minimum atomic E-state index is -3.55. The van der Waals surface area contributed by atoms with E-state index in [9.17, 15) is 13.2 Å². The fraction of sp³-hybridized carbons (Fsp3) is 0.316. The molecule has 2 aromatic rings. The van der Waals surface area contributed by atoms with E-state index < -0.39 is 16.1 Å². The Morgan fingerprint density at radius 1 is 1.07 bits per heavy atom. The Kier molecular flexibility index (Phi) is 5.38. The van der Waals surface area contributed by atoms with E-state index in [-0.39, 0.29) is 12.5 Å². The number of methoxy groups -OCH3 is 2. The van der Waals surface area contributed by atoms with E-state index in [4.69, 9.17) is 9.47 Å². The summed E-state index contributed by atoms with van der Waals surface area (Å²) in [5.41, 5.74) is 2.40. The van der Waals surface area contributed by atoms with Crippen LogP contribution in [0, 0.1) is 0 Å². The highest BCUT2D eigenvalue weighted by molar-refractivity contribution is 7.88. The van der Waals surface area contributed by atoms with Gasteiger partial charge in [0.2, 0.25) is 15.9 Å². The van der Waals surface area contributed by atoms with Gasteiger partial charge in [0.25, 0.3) is 0 Å². The van der Waals surface area contributed by atoms with Crippen molar-refractivity contribution >= 4 is 21.6 Å². The van der Waals surface area contributed by atoms with Crippen molar-refractivity contribution in [2.75, 3.05) is 25.8 Å². The third-order valence-corrected chi connectivity index (χ3v) is 5.82. The number of anilines is 1. The Morgan fingerprint density at radius 2 is 1.74 bits per heavy atom. The van der Waals surface area contributed by atoms with E-state index in [0.29, 0.717) is 23.6 Å². The summed E-state index contributed by atoms with van der Waals surface area (Å²) in [5.74, 6) is 0.631. The summed E-state index contributed by atoms with van der Waals surface area (Å²) in [6, 6.07) is 11.7. The predicted molar refractivity (Wildman–Crippen MR) is 102 cm³/mol. The van der Waals surface area contributed by atoms with Crippen molar-refractivity contribution in [1.29, 1.82) is 0 Å². The van der Waals surface area contributed by atoms with Crippen LogP contribution in [0.15, 0.2) is 42.5 Å². The molecule has 1 aliphatic rings. The van der Waals surface area contributed by atoms with E-state index in [2.05, 4.69) is 5.32 Å². The fourth-order valence-corrected chi connectivity index (χ4v) is 4.22. The molecule has 2 aromatic carbocycles. The molecule has 0 fully saturated rings. The molecule has 1 heterocycles. The average molecular weight is 390 g/mol. The first-order valence-electron chi connectivity index (χ1n) is 8.40. The molecule has 27 heavy (non-hydrogen) atoms. The first-order chi connectivity index (χ1) is 12.8. The zero-order chi connectivity index (χ0) is 19.6. The van der Waals surface area contributed by atoms with Crippen LogP contribution in [0.2, 0.25) is 0 Å². The molecule has 1 aliphatic heterocycles. The molecule has 0 spiro atoms. The third kappa shape index (κ3) is 4.06. The minimum absolute atomic E-state index is 0.180. The molecule has 0 radical (unpaired) electrons. The van der Waals surface area contributed by atoms with E-state index in [0.717, 1.165) is 17.4 Å². The van der Waals surface area contributed by atoms with Crippen LogP contribution in [-0.4, -0.2) is 45.1 Å². The van der Waals surface area contributed by atoms with Crippen molar-refractivity contribution in [3.05, 3.63) is 53.6 Å². The van der Waals surface area contributed by atoms with Crippen LogP contribution >= 0.6 is 0 Å². The van der Waals surface area contributed by atoms with Crippen LogP contribution in [0.1, 0.15) is 11.1 Å². The van der Waals surface area contributed by atoms with Crippen molar-refractivity contribution in [2.45, 2.75) is 19.0 Å². The fourth-order valence-electron chi connectivity index (χ4n) is 3.21. The summed E-state index contributed by atoms with van der Waals surface area (Å²) in [6.45, 7) is 0.180. The number of sulfonamides is 1. The monoisotopic (exact) mass is 390 g/mol. The van der Waals surface area contributed by atoms with Gasteiger partial charge in [-0.2, -0.15) is 4.31 Å². The van der Waals surface area contributed by atoms with Crippen LogP contribution in [0.5, 0.6) is 11.5 Å². The zero-order valence-electron chi connectivity index (χ0n) is 15.4. The van der Waals surface area contributed by atoms with Crippen LogP contribution in [-0.2, 0) is 27.8 Å². The first-order valence-corrected chi connectivity index (χ1v) is 10.2. The molecule has 3 rings (SSSR count). The van der Waals surface area contributed by atoms with Gasteiger partial charge < -0.3 is 14.8 Å². The van der Waals surface area contributed by atoms with Crippen molar-refractivity contribution < 1.29 is 22.7 Å². The number of carbonyl (C=O) groups is 1. The first kappa shape index (κ1) is 19.2. The molecule has 144 valence electrons. The van der Waals surface area contributed by atoms with Crippen LogP contribution < -0.4 is 14.8 Å². The molecule has 1 N–H and O–H groups in total. The van der Waals surface area contributed by atoms with Crippen LogP contribution in [0.25, 0.3) is 0 Å². The lowest BCUT2D eigenvalue weighted by atomic mass is 9.95.